The molecule has 136 valence electrons. The number of hydrogen-bond donors (Lipinski definition) is 2. The zero-order valence-electron chi connectivity index (χ0n) is 15.2. The number of carbonyl (C=O) groups excluding carboxylic acids is 1. The van der Waals surface area contributed by atoms with Crippen molar-refractivity contribution in [2.45, 2.75) is 90.1 Å². The molecule has 0 rings (SSSR count). The number of aliphatic hydroxyl groups is 1. The van der Waals surface area contributed by atoms with E-state index in [0.717, 1.165) is 38.5 Å². The Kier molecular flexibility index (Phi) is 16.5. The van der Waals surface area contributed by atoms with Crippen molar-refractivity contribution in [1.82, 2.24) is 5.32 Å². The molecule has 0 fully saturated rings. The van der Waals surface area contributed by atoms with E-state index >= 15 is 0 Å². The van der Waals surface area contributed by atoms with Gasteiger partial charge in [-0.25, -0.2) is 4.79 Å². The first-order valence-corrected chi connectivity index (χ1v) is 9.35. The lowest BCUT2D eigenvalue weighted by atomic mass is 10.1. The van der Waals surface area contributed by atoms with Gasteiger partial charge in [-0.2, -0.15) is 0 Å². The zero-order valence-corrected chi connectivity index (χ0v) is 15.2. The number of rotatable bonds is 15. The van der Waals surface area contributed by atoms with Crippen molar-refractivity contribution in [2.75, 3.05) is 13.7 Å². The first-order valence-electron chi connectivity index (χ1n) is 9.35. The van der Waals surface area contributed by atoms with E-state index in [1.54, 1.807) is 0 Å². The fraction of sp³-hybridized carbons (Fsp3) is 0.842. The summed E-state index contributed by atoms with van der Waals surface area (Å²) in [7, 11) is 1.38. The van der Waals surface area contributed by atoms with E-state index in [-0.39, 0.29) is 12.2 Å². The summed E-state index contributed by atoms with van der Waals surface area (Å²) in [5.74, 6) is 0. The molecule has 0 radical (unpaired) electrons. The van der Waals surface area contributed by atoms with Gasteiger partial charge in [0.2, 0.25) is 0 Å². The van der Waals surface area contributed by atoms with Crippen LogP contribution in [0.4, 0.5) is 4.79 Å². The first kappa shape index (κ1) is 22.0. The monoisotopic (exact) mass is 327 g/mol. The van der Waals surface area contributed by atoms with Crippen molar-refractivity contribution in [3.05, 3.63) is 12.2 Å². The number of ether oxygens (including phenoxy) is 1. The van der Waals surface area contributed by atoms with Gasteiger partial charge in [-0.1, -0.05) is 64.0 Å². The number of aliphatic hydroxyl groups excluding tert-OH is 1. The van der Waals surface area contributed by atoms with Crippen molar-refractivity contribution in [1.29, 1.82) is 0 Å². The highest BCUT2D eigenvalue weighted by Crippen LogP contribution is 2.09. The molecule has 1 amide bonds. The van der Waals surface area contributed by atoms with Gasteiger partial charge in [-0.15, -0.1) is 0 Å². The predicted octanol–water partition coefficient (Wildman–Crippen LogP) is 4.96. The van der Waals surface area contributed by atoms with Crippen molar-refractivity contribution in [2.24, 2.45) is 0 Å². The third kappa shape index (κ3) is 17.2. The van der Waals surface area contributed by atoms with E-state index in [1.165, 1.54) is 45.6 Å². The Morgan fingerprint density at radius 3 is 2.48 bits per heavy atom. The Labute approximate surface area is 142 Å². The van der Waals surface area contributed by atoms with Crippen molar-refractivity contribution >= 4 is 6.09 Å². The molecule has 1 unspecified atom stereocenters. The highest BCUT2D eigenvalue weighted by molar-refractivity contribution is 5.66. The number of unbranched alkanes of at least 4 members (excludes halogenated alkanes) is 8. The third-order valence-corrected chi connectivity index (χ3v) is 3.97. The molecule has 1 atom stereocenters. The van der Waals surface area contributed by atoms with Crippen LogP contribution in [0.25, 0.3) is 0 Å². The van der Waals surface area contributed by atoms with E-state index in [0.29, 0.717) is 6.54 Å². The van der Waals surface area contributed by atoms with E-state index in [2.05, 4.69) is 29.1 Å². The van der Waals surface area contributed by atoms with Crippen LogP contribution in [0.3, 0.4) is 0 Å². The Balaban J connectivity index is 3.26. The number of methoxy groups -OCH3 is 1. The van der Waals surface area contributed by atoms with Gasteiger partial charge >= 0.3 is 6.09 Å². The van der Waals surface area contributed by atoms with Gasteiger partial charge in [0.15, 0.2) is 0 Å². The molecule has 0 saturated heterocycles. The van der Waals surface area contributed by atoms with Gasteiger partial charge in [0.1, 0.15) is 0 Å². The molecule has 0 aromatic rings. The minimum absolute atomic E-state index is 0.162. The molecule has 0 heterocycles. The fourth-order valence-corrected chi connectivity index (χ4v) is 2.48. The maximum atomic E-state index is 10.8. The summed E-state index contributed by atoms with van der Waals surface area (Å²) in [6.45, 7) is 2.90. The van der Waals surface area contributed by atoms with Crippen LogP contribution >= 0.6 is 0 Å². The average molecular weight is 328 g/mol. The number of amides is 1. The van der Waals surface area contributed by atoms with Crippen molar-refractivity contribution in [3.8, 4) is 0 Å². The van der Waals surface area contributed by atoms with Gasteiger partial charge in [0.25, 0.3) is 0 Å². The summed E-state index contributed by atoms with van der Waals surface area (Å²) in [5.41, 5.74) is 0. The highest BCUT2D eigenvalue weighted by atomic mass is 16.5. The molecule has 0 aromatic heterocycles. The molecule has 4 heteroatoms. The average Bonchev–Trinajstić information content (AvgIpc) is 2.56. The van der Waals surface area contributed by atoms with E-state index in [1.807, 2.05) is 0 Å². The molecule has 2 N–H and O–H groups in total. The van der Waals surface area contributed by atoms with Gasteiger partial charge in [0, 0.05) is 6.54 Å². The van der Waals surface area contributed by atoms with Gasteiger partial charge in [-0.05, 0) is 32.1 Å². The van der Waals surface area contributed by atoms with Gasteiger partial charge < -0.3 is 15.2 Å². The lowest BCUT2D eigenvalue weighted by Crippen LogP contribution is -2.23. The molecule has 0 aliphatic heterocycles. The van der Waals surface area contributed by atoms with Crippen LogP contribution in [0.5, 0.6) is 0 Å². The lowest BCUT2D eigenvalue weighted by Gasteiger charge is -2.07. The standard InChI is InChI=1S/C19H37NO3/c1-3-4-5-12-15-18(21)16-13-10-8-6-7-9-11-14-17-20-19(22)23-2/h10,13,18,21H,3-9,11-12,14-17H2,1-2H3,(H,20,22). The second-order valence-electron chi connectivity index (χ2n) is 6.19. The number of alkyl carbamates (subject to hydrolysis) is 1. The maximum absolute atomic E-state index is 10.8. The summed E-state index contributed by atoms with van der Waals surface area (Å²) in [6, 6.07) is 0. The number of hydrogen-bond acceptors (Lipinski definition) is 3. The molecule has 0 bridgehead atoms. The number of allylic oxidation sites excluding steroid dienone is 1. The first-order chi connectivity index (χ1) is 11.2. The molecule has 0 saturated carbocycles. The summed E-state index contributed by atoms with van der Waals surface area (Å²) in [4.78, 5) is 10.8. The molecule has 0 spiro atoms. The molecule has 0 aliphatic rings. The normalized spacial score (nSPS) is 12.5. The Morgan fingerprint density at radius 1 is 1.04 bits per heavy atom. The summed E-state index contributed by atoms with van der Waals surface area (Å²) in [6.07, 6.45) is 17.4. The second-order valence-corrected chi connectivity index (χ2v) is 6.19. The van der Waals surface area contributed by atoms with Gasteiger partial charge in [0.05, 0.1) is 13.2 Å². The predicted molar refractivity (Wildman–Crippen MR) is 96.6 cm³/mol. The number of carbonyl (C=O) groups is 1. The Morgan fingerprint density at radius 2 is 1.74 bits per heavy atom. The maximum Gasteiger partial charge on any atom is 0.406 e. The number of nitrogens with one attached hydrogen (secondary N) is 1. The lowest BCUT2D eigenvalue weighted by molar-refractivity contribution is 0.163. The summed E-state index contributed by atoms with van der Waals surface area (Å²) < 4.78 is 4.51. The summed E-state index contributed by atoms with van der Waals surface area (Å²) >= 11 is 0. The quantitative estimate of drug-likeness (QED) is 0.330. The van der Waals surface area contributed by atoms with Gasteiger partial charge in [-0.3, -0.25) is 0 Å². The van der Waals surface area contributed by atoms with Crippen LogP contribution in [0, 0.1) is 0 Å². The van der Waals surface area contributed by atoms with Crippen molar-refractivity contribution in [3.63, 3.8) is 0 Å². The van der Waals surface area contributed by atoms with E-state index in [4.69, 9.17) is 0 Å². The van der Waals surface area contributed by atoms with E-state index < -0.39 is 0 Å². The minimum Gasteiger partial charge on any atom is -0.453 e. The van der Waals surface area contributed by atoms with E-state index in [9.17, 15) is 9.90 Å². The van der Waals surface area contributed by atoms with Crippen LogP contribution in [-0.2, 0) is 4.74 Å². The Hall–Kier alpha value is -1.03. The topological polar surface area (TPSA) is 58.6 Å². The minimum atomic E-state index is -0.345. The Bertz CT molecular complexity index is 292. The molecule has 0 aliphatic carbocycles. The van der Waals surface area contributed by atoms with Crippen molar-refractivity contribution < 1.29 is 14.6 Å². The summed E-state index contributed by atoms with van der Waals surface area (Å²) in [5, 5.41) is 12.5. The zero-order chi connectivity index (χ0) is 17.2. The molecule has 4 nitrogen and oxygen atoms in total. The van der Waals surface area contributed by atoms with Crippen LogP contribution in [0.2, 0.25) is 0 Å². The van der Waals surface area contributed by atoms with Crippen LogP contribution < -0.4 is 5.32 Å². The van der Waals surface area contributed by atoms with Crippen LogP contribution in [0.15, 0.2) is 12.2 Å². The SMILES string of the molecule is CCCCCCC(O)CC=CCCCCCCCNC(=O)OC. The highest BCUT2D eigenvalue weighted by Gasteiger charge is 2.00. The second kappa shape index (κ2) is 17.3. The smallest absolute Gasteiger partial charge is 0.406 e. The molecular weight excluding hydrogens is 290 g/mol. The fourth-order valence-electron chi connectivity index (χ4n) is 2.48. The third-order valence-electron chi connectivity index (χ3n) is 3.97. The largest absolute Gasteiger partial charge is 0.453 e. The molecular formula is C19H37NO3. The van der Waals surface area contributed by atoms with Crippen LogP contribution in [-0.4, -0.2) is 31.0 Å². The molecule has 23 heavy (non-hydrogen) atoms. The van der Waals surface area contributed by atoms with Crippen LogP contribution in [0.1, 0.15) is 84.0 Å². The molecule has 0 aromatic carbocycles.